The molecule has 0 saturated carbocycles. The van der Waals surface area contributed by atoms with E-state index in [9.17, 15) is 4.79 Å². The first-order valence-corrected chi connectivity index (χ1v) is 8.74. The van der Waals surface area contributed by atoms with Crippen molar-refractivity contribution in [3.8, 4) is 6.07 Å². The predicted molar refractivity (Wildman–Crippen MR) is 100 cm³/mol. The van der Waals surface area contributed by atoms with E-state index in [-0.39, 0.29) is 5.91 Å². The Bertz CT molecular complexity index is 819. The number of hydrogen-bond acceptors (Lipinski definition) is 6. The van der Waals surface area contributed by atoms with Crippen LogP contribution >= 0.6 is 0 Å². The van der Waals surface area contributed by atoms with E-state index < -0.39 is 0 Å². The molecule has 1 amide bonds. The molecule has 1 aliphatic rings. The van der Waals surface area contributed by atoms with E-state index in [1.54, 1.807) is 24.3 Å². The first-order chi connectivity index (χ1) is 12.6. The van der Waals surface area contributed by atoms with E-state index in [0.717, 1.165) is 37.1 Å². The summed E-state index contributed by atoms with van der Waals surface area (Å²) in [6.45, 7) is 7.45. The fourth-order valence-electron chi connectivity index (χ4n) is 2.99. The van der Waals surface area contributed by atoms with Crippen molar-refractivity contribution in [3.63, 3.8) is 0 Å². The molecule has 2 aromatic rings. The Morgan fingerprint density at radius 1 is 1.19 bits per heavy atom. The molecule has 0 unspecified atom stereocenters. The highest BCUT2D eigenvalue weighted by Gasteiger charge is 2.23. The number of hydrogen-bond donors (Lipinski definition) is 1. The van der Waals surface area contributed by atoms with Gasteiger partial charge in [0.15, 0.2) is 0 Å². The molecule has 1 aromatic carbocycles. The quantitative estimate of drug-likeness (QED) is 0.908. The number of nitrogens with one attached hydrogen (secondary N) is 1. The van der Waals surface area contributed by atoms with Gasteiger partial charge in [0.05, 0.1) is 11.6 Å². The first kappa shape index (κ1) is 17.7. The maximum absolute atomic E-state index is 12.6. The van der Waals surface area contributed by atoms with Gasteiger partial charge in [0.2, 0.25) is 0 Å². The van der Waals surface area contributed by atoms with Crippen LogP contribution in [0.1, 0.15) is 28.7 Å². The number of aromatic nitrogens is 2. The third-order valence-corrected chi connectivity index (χ3v) is 4.33. The van der Waals surface area contributed by atoms with Crippen LogP contribution in [0.4, 0.5) is 11.6 Å². The molecule has 0 bridgehead atoms. The van der Waals surface area contributed by atoms with Gasteiger partial charge >= 0.3 is 0 Å². The second-order valence-corrected chi connectivity index (χ2v) is 6.16. The summed E-state index contributed by atoms with van der Waals surface area (Å²) >= 11 is 0. The highest BCUT2D eigenvalue weighted by Crippen LogP contribution is 2.18. The van der Waals surface area contributed by atoms with Gasteiger partial charge in [-0.2, -0.15) is 5.26 Å². The summed E-state index contributed by atoms with van der Waals surface area (Å²) < 4.78 is 0. The van der Waals surface area contributed by atoms with Crippen molar-refractivity contribution < 1.29 is 4.79 Å². The van der Waals surface area contributed by atoms with Gasteiger partial charge < -0.3 is 15.1 Å². The number of carbonyl (C=O) groups excluding carboxylic acids is 1. The fourth-order valence-corrected chi connectivity index (χ4v) is 2.99. The van der Waals surface area contributed by atoms with E-state index in [0.29, 0.717) is 24.2 Å². The Labute approximate surface area is 153 Å². The van der Waals surface area contributed by atoms with Gasteiger partial charge in [0, 0.05) is 44.4 Å². The van der Waals surface area contributed by atoms with Gasteiger partial charge in [-0.25, -0.2) is 9.97 Å². The van der Waals surface area contributed by atoms with Crippen molar-refractivity contribution in [3.05, 3.63) is 47.3 Å². The molecule has 0 atom stereocenters. The van der Waals surface area contributed by atoms with Crippen LogP contribution in [0.3, 0.4) is 0 Å². The van der Waals surface area contributed by atoms with Gasteiger partial charge in [0.25, 0.3) is 5.91 Å². The second kappa shape index (κ2) is 7.83. The molecule has 1 N–H and O–H groups in total. The molecular formula is C19H22N6O. The van der Waals surface area contributed by atoms with Gasteiger partial charge in [-0.05, 0) is 38.1 Å². The Morgan fingerprint density at radius 2 is 1.88 bits per heavy atom. The third-order valence-electron chi connectivity index (χ3n) is 4.33. The van der Waals surface area contributed by atoms with Gasteiger partial charge in [-0.1, -0.05) is 0 Å². The van der Waals surface area contributed by atoms with Crippen molar-refractivity contribution in [2.45, 2.75) is 13.8 Å². The summed E-state index contributed by atoms with van der Waals surface area (Å²) in [5.41, 5.74) is 1.17. The number of amides is 1. The minimum Gasteiger partial charge on any atom is -0.370 e. The lowest BCUT2D eigenvalue weighted by Crippen LogP contribution is -2.49. The first-order valence-electron chi connectivity index (χ1n) is 8.74. The highest BCUT2D eigenvalue weighted by atomic mass is 16.2. The van der Waals surface area contributed by atoms with E-state index in [2.05, 4.69) is 26.3 Å². The van der Waals surface area contributed by atoms with E-state index in [1.807, 2.05) is 24.8 Å². The molecular weight excluding hydrogens is 328 g/mol. The molecule has 3 rings (SSSR count). The van der Waals surface area contributed by atoms with Crippen LogP contribution in [-0.2, 0) is 0 Å². The minimum atomic E-state index is 0.00125. The Hall–Kier alpha value is -3.14. The third kappa shape index (κ3) is 3.91. The molecule has 0 radical (unpaired) electrons. The van der Waals surface area contributed by atoms with Crippen molar-refractivity contribution >= 4 is 17.5 Å². The standard InChI is InChI=1S/C19H22N6O/c1-3-21-17-12-18(23-14(2)22-17)24-8-10-25(11-9-24)19(26)16-6-4-15(13-20)5-7-16/h4-7,12H,3,8-11H2,1-2H3,(H,21,22,23). The molecule has 1 aliphatic heterocycles. The molecule has 7 heteroatoms. The summed E-state index contributed by atoms with van der Waals surface area (Å²) in [4.78, 5) is 25.6. The molecule has 2 heterocycles. The Kier molecular flexibility index (Phi) is 5.32. The molecule has 7 nitrogen and oxygen atoms in total. The van der Waals surface area contributed by atoms with E-state index >= 15 is 0 Å². The normalized spacial score (nSPS) is 14.0. The number of carbonyl (C=O) groups is 1. The van der Waals surface area contributed by atoms with Crippen molar-refractivity contribution in [2.75, 3.05) is 42.9 Å². The molecule has 0 aliphatic carbocycles. The summed E-state index contributed by atoms with van der Waals surface area (Å²) in [5, 5.41) is 12.1. The topological polar surface area (TPSA) is 85.1 Å². The number of piperazine rings is 1. The monoisotopic (exact) mass is 350 g/mol. The molecule has 134 valence electrons. The largest absolute Gasteiger partial charge is 0.370 e. The van der Waals surface area contributed by atoms with E-state index in [4.69, 9.17) is 5.26 Å². The summed E-state index contributed by atoms with van der Waals surface area (Å²) in [6.07, 6.45) is 0. The van der Waals surface area contributed by atoms with E-state index in [1.165, 1.54) is 0 Å². The minimum absolute atomic E-state index is 0.00125. The lowest BCUT2D eigenvalue weighted by atomic mass is 10.1. The highest BCUT2D eigenvalue weighted by molar-refractivity contribution is 5.94. The van der Waals surface area contributed by atoms with Gasteiger partial charge in [-0.3, -0.25) is 4.79 Å². The Balaban J connectivity index is 1.65. The fraction of sp³-hybridized carbons (Fsp3) is 0.368. The van der Waals surface area contributed by atoms with Crippen LogP contribution in [-0.4, -0.2) is 53.5 Å². The number of anilines is 2. The van der Waals surface area contributed by atoms with Crippen LogP contribution in [0.15, 0.2) is 30.3 Å². The number of rotatable bonds is 4. The average molecular weight is 350 g/mol. The SMILES string of the molecule is CCNc1cc(N2CCN(C(=O)c3ccc(C#N)cc3)CC2)nc(C)n1. The predicted octanol–water partition coefficient (Wildman–Crippen LogP) is 2.05. The van der Waals surface area contributed by atoms with Gasteiger partial charge in [0.1, 0.15) is 17.5 Å². The van der Waals surface area contributed by atoms with Gasteiger partial charge in [-0.15, -0.1) is 0 Å². The molecule has 1 aromatic heterocycles. The van der Waals surface area contributed by atoms with Crippen LogP contribution in [0.2, 0.25) is 0 Å². The van der Waals surface area contributed by atoms with Crippen LogP contribution in [0.25, 0.3) is 0 Å². The zero-order valence-corrected chi connectivity index (χ0v) is 15.1. The lowest BCUT2D eigenvalue weighted by molar-refractivity contribution is 0.0746. The van der Waals surface area contributed by atoms with Crippen molar-refractivity contribution in [2.24, 2.45) is 0 Å². The maximum Gasteiger partial charge on any atom is 0.253 e. The van der Waals surface area contributed by atoms with Crippen LogP contribution < -0.4 is 10.2 Å². The maximum atomic E-state index is 12.6. The van der Waals surface area contributed by atoms with Crippen molar-refractivity contribution in [1.29, 1.82) is 5.26 Å². The number of nitrogens with zero attached hydrogens (tertiary/aromatic N) is 5. The van der Waals surface area contributed by atoms with Crippen LogP contribution in [0.5, 0.6) is 0 Å². The summed E-state index contributed by atoms with van der Waals surface area (Å²) in [7, 11) is 0. The second-order valence-electron chi connectivity index (χ2n) is 6.16. The number of nitriles is 1. The lowest BCUT2D eigenvalue weighted by Gasteiger charge is -2.35. The molecule has 1 saturated heterocycles. The molecule has 1 fully saturated rings. The summed E-state index contributed by atoms with van der Waals surface area (Å²) in [6, 6.07) is 10.8. The number of aryl methyl sites for hydroxylation is 1. The van der Waals surface area contributed by atoms with Crippen molar-refractivity contribution in [1.82, 2.24) is 14.9 Å². The summed E-state index contributed by atoms with van der Waals surface area (Å²) in [5.74, 6) is 2.45. The number of benzene rings is 1. The Morgan fingerprint density at radius 3 is 2.50 bits per heavy atom. The smallest absolute Gasteiger partial charge is 0.253 e. The zero-order chi connectivity index (χ0) is 18.5. The average Bonchev–Trinajstić information content (AvgIpc) is 2.67. The molecule has 26 heavy (non-hydrogen) atoms. The zero-order valence-electron chi connectivity index (χ0n) is 15.1. The van der Waals surface area contributed by atoms with Crippen LogP contribution in [0, 0.1) is 18.3 Å². The molecule has 0 spiro atoms.